The summed E-state index contributed by atoms with van der Waals surface area (Å²) in [5, 5.41) is 12.2. The predicted octanol–water partition coefficient (Wildman–Crippen LogP) is 2.33. The van der Waals surface area contributed by atoms with Gasteiger partial charge in [0.2, 0.25) is 0 Å². The van der Waals surface area contributed by atoms with Gasteiger partial charge < -0.3 is 10.4 Å². The lowest BCUT2D eigenvalue weighted by molar-refractivity contribution is 0.0950. The van der Waals surface area contributed by atoms with Crippen molar-refractivity contribution < 1.29 is 9.90 Å². The summed E-state index contributed by atoms with van der Waals surface area (Å²) < 4.78 is 0. The number of amides is 1. The fourth-order valence-electron chi connectivity index (χ4n) is 1.47. The molecule has 1 heterocycles. The van der Waals surface area contributed by atoms with Gasteiger partial charge >= 0.3 is 0 Å². The van der Waals surface area contributed by atoms with E-state index in [1.165, 1.54) is 18.5 Å². The normalized spacial score (nSPS) is 12.5. The van der Waals surface area contributed by atoms with Crippen LogP contribution in [0, 0.1) is 5.92 Å². The lowest BCUT2D eigenvalue weighted by Gasteiger charge is -2.13. The van der Waals surface area contributed by atoms with Crippen LogP contribution in [-0.2, 0) is 0 Å². The molecule has 1 aromatic rings. The van der Waals surface area contributed by atoms with Crippen LogP contribution in [0.1, 0.15) is 30.6 Å². The molecule has 0 bridgehead atoms. The fraction of sp³-hybridized carbons (Fsp3) is 0.500. The van der Waals surface area contributed by atoms with Gasteiger partial charge in [-0.15, -0.1) is 0 Å². The third kappa shape index (κ3) is 4.73. The number of rotatable bonds is 5. The molecule has 0 aliphatic rings. The van der Waals surface area contributed by atoms with Crippen LogP contribution in [0.4, 0.5) is 0 Å². The minimum Gasteiger partial charge on any atom is -0.505 e. The number of aromatic nitrogens is 1. The van der Waals surface area contributed by atoms with Gasteiger partial charge in [-0.05, 0) is 18.4 Å². The predicted molar refractivity (Wildman–Crippen MR) is 70.4 cm³/mol. The van der Waals surface area contributed by atoms with E-state index in [4.69, 9.17) is 0 Å². The number of carbonyl (C=O) groups is 1. The van der Waals surface area contributed by atoms with E-state index in [-0.39, 0.29) is 22.0 Å². The van der Waals surface area contributed by atoms with E-state index >= 15 is 0 Å². The van der Waals surface area contributed by atoms with Crippen LogP contribution < -0.4 is 5.32 Å². The molecule has 0 aliphatic heterocycles. The third-order valence-electron chi connectivity index (χ3n) is 2.26. The summed E-state index contributed by atoms with van der Waals surface area (Å²) in [5.41, 5.74) is 0.254. The van der Waals surface area contributed by atoms with Crippen molar-refractivity contribution in [2.75, 3.05) is 6.54 Å². The van der Waals surface area contributed by atoms with Crippen LogP contribution >= 0.6 is 15.9 Å². The Kier molecular flexibility index (Phi) is 5.41. The Balaban J connectivity index is 2.48. The van der Waals surface area contributed by atoms with Crippen molar-refractivity contribution in [2.24, 2.45) is 5.92 Å². The van der Waals surface area contributed by atoms with Gasteiger partial charge in [-0.25, -0.2) is 0 Å². The topological polar surface area (TPSA) is 62.2 Å². The number of hydrogen-bond acceptors (Lipinski definition) is 3. The molecule has 1 atom stereocenters. The molecule has 1 amide bonds. The van der Waals surface area contributed by atoms with Crippen LogP contribution in [0.3, 0.4) is 0 Å². The molecule has 0 fully saturated rings. The maximum atomic E-state index is 11.7. The number of aromatic hydroxyl groups is 1. The van der Waals surface area contributed by atoms with Crippen LogP contribution in [0.2, 0.25) is 0 Å². The molecule has 0 saturated carbocycles. The zero-order valence-corrected chi connectivity index (χ0v) is 11.6. The maximum Gasteiger partial charge on any atom is 0.255 e. The number of hydrogen-bond donors (Lipinski definition) is 2. The summed E-state index contributed by atoms with van der Waals surface area (Å²) in [7, 11) is 0. The monoisotopic (exact) mass is 300 g/mol. The van der Waals surface area contributed by atoms with E-state index in [1.54, 1.807) is 0 Å². The number of carbonyl (C=O) groups excluding carboxylic acids is 1. The number of halogens is 1. The van der Waals surface area contributed by atoms with Crippen molar-refractivity contribution in [3.05, 3.63) is 24.0 Å². The van der Waals surface area contributed by atoms with Crippen LogP contribution in [-0.4, -0.2) is 27.4 Å². The molecule has 0 saturated heterocycles. The molecule has 5 heteroatoms. The Morgan fingerprint density at radius 3 is 2.88 bits per heavy atom. The Morgan fingerprint density at radius 1 is 1.59 bits per heavy atom. The summed E-state index contributed by atoms with van der Waals surface area (Å²) in [5.74, 6) is 0.198. The van der Waals surface area contributed by atoms with E-state index in [9.17, 15) is 9.90 Å². The van der Waals surface area contributed by atoms with E-state index in [0.29, 0.717) is 12.5 Å². The minimum atomic E-state index is -0.280. The van der Waals surface area contributed by atoms with E-state index in [0.717, 1.165) is 6.42 Å². The van der Waals surface area contributed by atoms with Crippen LogP contribution in [0.25, 0.3) is 0 Å². The van der Waals surface area contributed by atoms with Crippen LogP contribution in [0.15, 0.2) is 18.5 Å². The van der Waals surface area contributed by atoms with Gasteiger partial charge in [-0.2, -0.15) is 0 Å². The highest BCUT2D eigenvalue weighted by molar-refractivity contribution is 9.09. The van der Waals surface area contributed by atoms with E-state index in [2.05, 4.69) is 40.1 Å². The van der Waals surface area contributed by atoms with Crippen molar-refractivity contribution in [1.82, 2.24) is 10.3 Å². The summed E-state index contributed by atoms with van der Waals surface area (Å²) in [6.45, 7) is 4.80. The second-order valence-electron chi connectivity index (χ2n) is 4.33. The summed E-state index contributed by atoms with van der Waals surface area (Å²) in [6.07, 6.45) is 3.73. The summed E-state index contributed by atoms with van der Waals surface area (Å²) in [6, 6.07) is 1.50. The van der Waals surface area contributed by atoms with Crippen molar-refractivity contribution >= 4 is 21.8 Å². The quantitative estimate of drug-likeness (QED) is 0.821. The van der Waals surface area contributed by atoms with Gasteiger partial charge in [0.1, 0.15) is 5.75 Å². The van der Waals surface area contributed by atoms with Gasteiger partial charge in [0.25, 0.3) is 5.91 Å². The zero-order chi connectivity index (χ0) is 12.8. The first-order valence-electron chi connectivity index (χ1n) is 5.56. The lowest BCUT2D eigenvalue weighted by atomic mass is 10.1. The highest BCUT2D eigenvalue weighted by atomic mass is 79.9. The Labute approximate surface area is 110 Å². The Bertz CT molecular complexity index is 383. The first-order valence-corrected chi connectivity index (χ1v) is 6.47. The van der Waals surface area contributed by atoms with Gasteiger partial charge in [-0.3, -0.25) is 9.78 Å². The number of pyridine rings is 1. The van der Waals surface area contributed by atoms with Gasteiger partial charge in [0.05, 0.1) is 11.8 Å². The van der Waals surface area contributed by atoms with Gasteiger partial charge in [0, 0.05) is 17.6 Å². The summed E-state index contributed by atoms with van der Waals surface area (Å²) >= 11 is 3.51. The molecule has 0 spiro atoms. The molecule has 0 aliphatic carbocycles. The molecular formula is C12H17BrN2O2. The molecule has 2 N–H and O–H groups in total. The van der Waals surface area contributed by atoms with Gasteiger partial charge in [-0.1, -0.05) is 29.8 Å². The highest BCUT2D eigenvalue weighted by Gasteiger charge is 2.13. The van der Waals surface area contributed by atoms with Crippen LogP contribution in [0.5, 0.6) is 5.75 Å². The molecular weight excluding hydrogens is 284 g/mol. The molecule has 1 unspecified atom stereocenters. The smallest absolute Gasteiger partial charge is 0.255 e. The fourth-order valence-corrected chi connectivity index (χ4v) is 2.38. The molecule has 1 aromatic heterocycles. The third-order valence-corrected chi connectivity index (χ3v) is 2.95. The summed E-state index contributed by atoms with van der Waals surface area (Å²) in [4.78, 5) is 15.7. The van der Waals surface area contributed by atoms with Crippen molar-refractivity contribution in [3.8, 4) is 5.75 Å². The van der Waals surface area contributed by atoms with Gasteiger partial charge in [0.15, 0.2) is 0 Å². The Hall–Kier alpha value is -1.10. The average molecular weight is 301 g/mol. The standard InChI is InChI=1S/C12H17BrN2O2/c1-8(2)5-9(13)6-15-12(17)10-3-4-14-7-11(10)16/h3-4,7-9,16H,5-6H2,1-2H3,(H,15,17). The number of nitrogens with zero attached hydrogens (tertiary/aromatic N) is 1. The molecule has 94 valence electrons. The lowest BCUT2D eigenvalue weighted by Crippen LogP contribution is -2.30. The number of alkyl halides is 1. The minimum absolute atomic E-state index is 0.0972. The first kappa shape index (κ1) is 14.0. The van der Waals surface area contributed by atoms with E-state index in [1.807, 2.05) is 0 Å². The molecule has 1 rings (SSSR count). The molecule has 4 nitrogen and oxygen atoms in total. The largest absolute Gasteiger partial charge is 0.505 e. The van der Waals surface area contributed by atoms with E-state index < -0.39 is 0 Å². The van der Waals surface area contributed by atoms with Crippen molar-refractivity contribution in [3.63, 3.8) is 0 Å². The molecule has 0 radical (unpaired) electrons. The average Bonchev–Trinajstić information content (AvgIpc) is 2.25. The zero-order valence-electron chi connectivity index (χ0n) is 9.98. The van der Waals surface area contributed by atoms with Crippen molar-refractivity contribution in [1.29, 1.82) is 0 Å². The molecule has 17 heavy (non-hydrogen) atoms. The maximum absolute atomic E-state index is 11.7. The van der Waals surface area contributed by atoms with Crippen molar-refractivity contribution in [2.45, 2.75) is 25.1 Å². The molecule has 0 aromatic carbocycles. The second-order valence-corrected chi connectivity index (χ2v) is 5.62. The second kappa shape index (κ2) is 6.59. The SMILES string of the molecule is CC(C)CC(Br)CNC(=O)c1ccncc1O. The highest BCUT2D eigenvalue weighted by Crippen LogP contribution is 2.15. The number of nitrogens with one attached hydrogen (secondary N) is 1. The Morgan fingerprint density at radius 2 is 2.29 bits per heavy atom. The first-order chi connectivity index (χ1) is 8.00.